The van der Waals surface area contributed by atoms with Crippen molar-refractivity contribution in [1.82, 2.24) is 0 Å². The molecule has 0 radical (unpaired) electrons. The first-order chi connectivity index (χ1) is 11.1. The molecule has 0 aromatic heterocycles. The summed E-state index contributed by atoms with van der Waals surface area (Å²) in [6, 6.07) is 8.31. The fraction of sp³-hybridized carbons (Fsp3) is 0.667. The number of hydrogen-bond donors (Lipinski definition) is 0. The van der Waals surface area contributed by atoms with Crippen LogP contribution >= 0.6 is 11.6 Å². The van der Waals surface area contributed by atoms with E-state index >= 15 is 0 Å². The van der Waals surface area contributed by atoms with Gasteiger partial charge in [0.05, 0.1) is 10.6 Å². The molecule has 0 amide bonds. The maximum absolute atomic E-state index is 9.07. The molecule has 124 valence electrons. The third kappa shape index (κ3) is 3.29. The quantitative estimate of drug-likeness (QED) is 0.528. The highest BCUT2D eigenvalue weighted by atomic mass is 35.5. The molecule has 3 fully saturated rings. The molecule has 23 heavy (non-hydrogen) atoms. The summed E-state index contributed by atoms with van der Waals surface area (Å²) in [5.41, 5.74) is 2.96. The van der Waals surface area contributed by atoms with E-state index in [2.05, 4.69) is 25.1 Å². The smallest absolute Gasteiger partial charge is 0.101 e. The number of halogens is 1. The molecule has 0 heterocycles. The van der Waals surface area contributed by atoms with Crippen molar-refractivity contribution in [1.29, 1.82) is 5.26 Å². The highest BCUT2D eigenvalue weighted by Crippen LogP contribution is 2.59. The molecule has 3 saturated carbocycles. The van der Waals surface area contributed by atoms with Crippen LogP contribution in [0.25, 0.3) is 0 Å². The van der Waals surface area contributed by atoms with Gasteiger partial charge < -0.3 is 0 Å². The van der Waals surface area contributed by atoms with Gasteiger partial charge in [-0.15, -0.1) is 0 Å². The van der Waals surface area contributed by atoms with Gasteiger partial charge in [-0.2, -0.15) is 5.26 Å². The number of hydrogen-bond acceptors (Lipinski definition) is 1. The zero-order valence-electron chi connectivity index (χ0n) is 14.3. The normalized spacial score (nSPS) is 29.4. The second-order valence-corrected chi connectivity index (χ2v) is 8.30. The summed E-state index contributed by atoms with van der Waals surface area (Å²) in [5.74, 6) is 0. The van der Waals surface area contributed by atoms with E-state index in [1.807, 2.05) is 6.07 Å². The molecule has 0 N–H and O–H groups in total. The van der Waals surface area contributed by atoms with Crippen molar-refractivity contribution < 1.29 is 0 Å². The van der Waals surface area contributed by atoms with Crippen LogP contribution < -0.4 is 0 Å². The molecular weight excluding hydrogens is 302 g/mol. The van der Waals surface area contributed by atoms with Gasteiger partial charge in [0.2, 0.25) is 0 Å². The summed E-state index contributed by atoms with van der Waals surface area (Å²) in [4.78, 5) is 0. The van der Waals surface area contributed by atoms with Gasteiger partial charge in [-0.25, -0.2) is 0 Å². The van der Waals surface area contributed by atoms with Crippen LogP contribution in [0.4, 0.5) is 0 Å². The summed E-state index contributed by atoms with van der Waals surface area (Å²) < 4.78 is 0. The molecule has 2 bridgehead atoms. The first-order valence-corrected chi connectivity index (χ1v) is 9.71. The molecule has 1 nitrogen and oxygen atoms in total. The van der Waals surface area contributed by atoms with E-state index in [9.17, 15) is 0 Å². The van der Waals surface area contributed by atoms with Gasteiger partial charge in [0.25, 0.3) is 0 Å². The predicted octanol–water partition coefficient (Wildman–Crippen LogP) is 6.77. The molecule has 3 aliphatic rings. The van der Waals surface area contributed by atoms with E-state index < -0.39 is 0 Å². The third-order valence-corrected chi connectivity index (χ3v) is 6.98. The van der Waals surface area contributed by atoms with Crippen LogP contribution in [0.2, 0.25) is 5.02 Å². The number of nitriles is 1. The highest BCUT2D eigenvalue weighted by Gasteiger charge is 2.48. The summed E-state index contributed by atoms with van der Waals surface area (Å²) >= 11 is 6.28. The number of benzene rings is 1. The second kappa shape index (κ2) is 6.86. The highest BCUT2D eigenvalue weighted by molar-refractivity contribution is 6.31. The fourth-order valence-electron chi connectivity index (χ4n) is 4.93. The van der Waals surface area contributed by atoms with E-state index in [0.717, 1.165) is 0 Å². The summed E-state index contributed by atoms with van der Waals surface area (Å²) in [6.07, 6.45) is 15.1. The molecule has 0 saturated heterocycles. The first kappa shape index (κ1) is 16.8. The number of nitrogens with zero attached hydrogens (tertiary/aromatic N) is 1. The Labute approximate surface area is 146 Å². The lowest BCUT2D eigenvalue weighted by Crippen LogP contribution is -2.44. The zero-order valence-corrected chi connectivity index (χ0v) is 15.1. The van der Waals surface area contributed by atoms with Crippen molar-refractivity contribution in [3.05, 3.63) is 34.3 Å². The van der Waals surface area contributed by atoms with Crippen LogP contribution in [0.3, 0.4) is 0 Å². The van der Waals surface area contributed by atoms with E-state index in [1.54, 1.807) is 0 Å². The van der Waals surface area contributed by atoms with Crippen LogP contribution in [0.1, 0.15) is 88.7 Å². The molecule has 1 aromatic carbocycles. The maximum atomic E-state index is 9.07. The van der Waals surface area contributed by atoms with E-state index in [-0.39, 0.29) is 0 Å². The maximum Gasteiger partial charge on any atom is 0.101 e. The number of rotatable bonds is 6. The molecule has 0 atom stereocenters. The van der Waals surface area contributed by atoms with Crippen molar-refractivity contribution in [3.8, 4) is 6.07 Å². The lowest BCUT2D eigenvalue weighted by Gasteiger charge is -2.54. The van der Waals surface area contributed by atoms with E-state index in [4.69, 9.17) is 16.9 Å². The van der Waals surface area contributed by atoms with Crippen LogP contribution in [0, 0.1) is 16.7 Å². The lowest BCUT2D eigenvalue weighted by atomic mass is 9.51. The number of fused-ring (bicyclic) bond motifs is 3. The predicted molar refractivity (Wildman–Crippen MR) is 96.7 cm³/mol. The Kier molecular flexibility index (Phi) is 5.02. The Bertz CT molecular complexity index is 574. The second-order valence-electron chi connectivity index (χ2n) is 7.90. The van der Waals surface area contributed by atoms with Gasteiger partial charge in [0.1, 0.15) is 6.07 Å². The molecule has 3 aliphatic carbocycles. The zero-order chi connectivity index (χ0) is 16.3. The van der Waals surface area contributed by atoms with Gasteiger partial charge in [0, 0.05) is 0 Å². The van der Waals surface area contributed by atoms with Crippen LogP contribution in [-0.2, 0) is 5.41 Å². The van der Waals surface area contributed by atoms with Crippen molar-refractivity contribution >= 4 is 11.6 Å². The molecule has 0 unspecified atom stereocenters. The van der Waals surface area contributed by atoms with Crippen LogP contribution in [0.5, 0.6) is 0 Å². The topological polar surface area (TPSA) is 23.8 Å². The summed E-state index contributed by atoms with van der Waals surface area (Å²) in [6.45, 7) is 2.29. The SMILES string of the molecule is CCCCCCC12CCC(c3ccc(C#N)c(Cl)c3)(CC1)CC2. The van der Waals surface area contributed by atoms with Gasteiger partial charge in [-0.1, -0.05) is 50.3 Å². The molecule has 0 aliphatic heterocycles. The van der Waals surface area contributed by atoms with Crippen molar-refractivity contribution in [2.24, 2.45) is 5.41 Å². The molecule has 2 heteroatoms. The monoisotopic (exact) mass is 329 g/mol. The largest absolute Gasteiger partial charge is 0.192 e. The average molecular weight is 330 g/mol. The Balaban J connectivity index is 1.67. The van der Waals surface area contributed by atoms with E-state index in [1.165, 1.54) is 76.2 Å². The Morgan fingerprint density at radius 2 is 1.74 bits per heavy atom. The standard InChI is InChI=1S/C21H28ClN/c1-2-3-4-5-8-20-9-12-21(13-10-20,14-11-20)18-7-6-17(16-23)19(22)15-18/h6-7,15H,2-5,8-14H2,1H3. The van der Waals surface area contributed by atoms with Gasteiger partial charge in [-0.3, -0.25) is 0 Å². The van der Waals surface area contributed by atoms with Crippen molar-refractivity contribution in [3.63, 3.8) is 0 Å². The molecule has 0 spiro atoms. The van der Waals surface area contributed by atoms with Crippen molar-refractivity contribution in [2.75, 3.05) is 0 Å². The summed E-state index contributed by atoms with van der Waals surface area (Å²) in [5, 5.41) is 9.70. The minimum Gasteiger partial charge on any atom is -0.192 e. The van der Waals surface area contributed by atoms with Gasteiger partial charge >= 0.3 is 0 Å². The molecule has 4 rings (SSSR count). The van der Waals surface area contributed by atoms with Crippen LogP contribution in [-0.4, -0.2) is 0 Å². The van der Waals surface area contributed by atoms with Crippen molar-refractivity contribution in [2.45, 2.75) is 83.0 Å². The fourth-order valence-corrected chi connectivity index (χ4v) is 5.16. The Hall–Kier alpha value is -1.00. The van der Waals surface area contributed by atoms with Gasteiger partial charge in [-0.05, 0) is 73.5 Å². The first-order valence-electron chi connectivity index (χ1n) is 9.33. The average Bonchev–Trinajstić information content (AvgIpc) is 2.60. The third-order valence-electron chi connectivity index (χ3n) is 6.66. The lowest BCUT2D eigenvalue weighted by molar-refractivity contribution is 0.0305. The van der Waals surface area contributed by atoms with Crippen LogP contribution in [0.15, 0.2) is 18.2 Å². The molecular formula is C21H28ClN. The summed E-state index contributed by atoms with van der Waals surface area (Å²) in [7, 11) is 0. The van der Waals surface area contributed by atoms with E-state index in [0.29, 0.717) is 21.4 Å². The minimum absolute atomic E-state index is 0.336. The Morgan fingerprint density at radius 3 is 2.30 bits per heavy atom. The number of unbranched alkanes of at least 4 members (excludes halogenated alkanes) is 3. The van der Waals surface area contributed by atoms with Gasteiger partial charge in [0.15, 0.2) is 0 Å². The molecule has 1 aromatic rings. The minimum atomic E-state index is 0.336. The Morgan fingerprint density at radius 1 is 1.04 bits per heavy atom.